The van der Waals surface area contributed by atoms with E-state index in [4.69, 9.17) is 9.47 Å². The molecule has 1 heterocycles. The lowest BCUT2D eigenvalue weighted by atomic mass is 9.83. The molecule has 2 fully saturated rings. The summed E-state index contributed by atoms with van der Waals surface area (Å²) < 4.78 is 25.3. The summed E-state index contributed by atoms with van der Waals surface area (Å²) in [5, 5.41) is 2.78. The number of nitrogens with zero attached hydrogens (tertiary/aromatic N) is 1. The number of hydrogen-bond acceptors (Lipinski definition) is 4. The van der Waals surface area contributed by atoms with E-state index in [0.29, 0.717) is 31.9 Å². The van der Waals surface area contributed by atoms with Crippen LogP contribution in [-0.4, -0.2) is 55.3 Å². The van der Waals surface area contributed by atoms with Gasteiger partial charge in [0.15, 0.2) is 0 Å². The average molecular weight is 378 g/mol. The Hall–Kier alpha value is -1.99. The Balaban J connectivity index is 1.91. The van der Waals surface area contributed by atoms with Gasteiger partial charge in [-0.1, -0.05) is 25.5 Å². The lowest BCUT2D eigenvalue weighted by molar-refractivity contribution is -0.128. The first-order valence-corrected chi connectivity index (χ1v) is 9.47. The minimum Gasteiger partial charge on any atom is -0.383 e. The van der Waals surface area contributed by atoms with Crippen LogP contribution in [0.4, 0.5) is 4.39 Å². The van der Waals surface area contributed by atoms with Crippen LogP contribution in [-0.2, 0) is 14.3 Å². The molecule has 148 valence electrons. The number of rotatable bonds is 5. The Bertz CT molecular complexity index is 698. The van der Waals surface area contributed by atoms with Gasteiger partial charge < -0.3 is 14.8 Å². The third-order valence-corrected chi connectivity index (χ3v) is 5.42. The third-order valence-electron chi connectivity index (χ3n) is 5.42. The number of carbonyl (C=O) groups excluding carboxylic acids is 2. The van der Waals surface area contributed by atoms with Gasteiger partial charge in [-0.25, -0.2) is 4.39 Å². The van der Waals surface area contributed by atoms with Crippen LogP contribution < -0.4 is 5.32 Å². The Morgan fingerprint density at radius 2 is 2.19 bits per heavy atom. The molecule has 3 atom stereocenters. The molecule has 27 heavy (non-hydrogen) atoms. The van der Waals surface area contributed by atoms with Gasteiger partial charge in [-0.3, -0.25) is 14.5 Å². The summed E-state index contributed by atoms with van der Waals surface area (Å²) in [6.45, 7) is 2.95. The third kappa shape index (κ3) is 3.99. The van der Waals surface area contributed by atoms with Gasteiger partial charge >= 0.3 is 0 Å². The van der Waals surface area contributed by atoms with Crippen molar-refractivity contribution >= 4 is 11.8 Å². The molecular weight excluding hydrogens is 351 g/mol. The van der Waals surface area contributed by atoms with E-state index in [-0.39, 0.29) is 18.1 Å². The van der Waals surface area contributed by atoms with Crippen molar-refractivity contribution in [1.82, 2.24) is 10.2 Å². The number of ether oxygens (including phenoxy) is 2. The highest BCUT2D eigenvalue weighted by molar-refractivity contribution is 5.98. The van der Waals surface area contributed by atoms with E-state index >= 15 is 0 Å². The molecule has 1 aliphatic heterocycles. The molecule has 1 spiro atoms. The molecule has 7 heteroatoms. The zero-order chi connectivity index (χ0) is 19.4. The van der Waals surface area contributed by atoms with Crippen molar-refractivity contribution in [3.05, 3.63) is 35.6 Å². The molecule has 1 saturated carbocycles. The second-order valence-corrected chi connectivity index (χ2v) is 7.41. The van der Waals surface area contributed by atoms with Gasteiger partial charge in [0.1, 0.15) is 17.6 Å². The van der Waals surface area contributed by atoms with Crippen LogP contribution in [0.5, 0.6) is 0 Å². The van der Waals surface area contributed by atoms with Crippen LogP contribution in [0, 0.1) is 11.7 Å². The van der Waals surface area contributed by atoms with Crippen LogP contribution in [0.1, 0.15) is 43.0 Å². The van der Waals surface area contributed by atoms with Gasteiger partial charge in [-0.15, -0.1) is 0 Å². The SMILES string of the molecule is COCCNC(=O)[C@@H]1CO[C@]2(CCC[C@H](C)C2)N1C(=O)c1ccccc1F. The van der Waals surface area contributed by atoms with E-state index in [0.717, 1.165) is 12.8 Å². The molecule has 0 bridgehead atoms. The number of hydrogen-bond donors (Lipinski definition) is 1. The minimum absolute atomic E-state index is 0.0321. The highest BCUT2D eigenvalue weighted by Crippen LogP contribution is 2.43. The molecule has 0 radical (unpaired) electrons. The minimum atomic E-state index is -0.847. The zero-order valence-electron chi connectivity index (χ0n) is 15.9. The summed E-state index contributed by atoms with van der Waals surface area (Å²) in [6.07, 6.45) is 3.26. The number of amides is 2. The molecule has 6 nitrogen and oxygen atoms in total. The molecule has 1 aliphatic carbocycles. The van der Waals surface area contributed by atoms with Gasteiger partial charge in [-0.05, 0) is 37.3 Å². The summed E-state index contributed by atoms with van der Waals surface area (Å²) in [5.41, 5.74) is -0.879. The number of benzene rings is 1. The highest BCUT2D eigenvalue weighted by Gasteiger charge is 2.54. The van der Waals surface area contributed by atoms with Gasteiger partial charge in [0.25, 0.3) is 5.91 Å². The number of carbonyl (C=O) groups is 2. The second-order valence-electron chi connectivity index (χ2n) is 7.41. The maximum atomic E-state index is 14.3. The van der Waals surface area contributed by atoms with Gasteiger partial charge in [0.05, 0.1) is 18.8 Å². The lowest BCUT2D eigenvalue weighted by Crippen LogP contribution is -2.57. The van der Waals surface area contributed by atoms with E-state index in [9.17, 15) is 14.0 Å². The van der Waals surface area contributed by atoms with Crippen molar-refractivity contribution in [3.63, 3.8) is 0 Å². The van der Waals surface area contributed by atoms with Crippen LogP contribution in [0.25, 0.3) is 0 Å². The molecule has 1 saturated heterocycles. The predicted molar refractivity (Wildman–Crippen MR) is 97.6 cm³/mol. The number of methoxy groups -OCH3 is 1. The Morgan fingerprint density at radius 3 is 2.89 bits per heavy atom. The summed E-state index contributed by atoms with van der Waals surface area (Å²) in [4.78, 5) is 27.5. The van der Waals surface area contributed by atoms with Crippen molar-refractivity contribution < 1.29 is 23.5 Å². The summed E-state index contributed by atoms with van der Waals surface area (Å²) in [5.74, 6) is -1.02. The molecular formula is C20H27FN2O4. The summed E-state index contributed by atoms with van der Waals surface area (Å²) in [7, 11) is 1.55. The van der Waals surface area contributed by atoms with Crippen molar-refractivity contribution in [1.29, 1.82) is 0 Å². The summed E-state index contributed by atoms with van der Waals surface area (Å²) >= 11 is 0. The van der Waals surface area contributed by atoms with Crippen LogP contribution in [0.3, 0.4) is 0 Å². The first-order chi connectivity index (χ1) is 13.0. The normalized spacial score (nSPS) is 27.7. The Morgan fingerprint density at radius 1 is 1.41 bits per heavy atom. The fourth-order valence-corrected chi connectivity index (χ4v) is 4.17. The van der Waals surface area contributed by atoms with Crippen molar-refractivity contribution in [2.45, 2.75) is 44.4 Å². The van der Waals surface area contributed by atoms with E-state index in [1.54, 1.807) is 19.2 Å². The zero-order valence-corrected chi connectivity index (χ0v) is 15.9. The number of nitrogens with one attached hydrogen (secondary N) is 1. The molecule has 0 aromatic heterocycles. The molecule has 2 amide bonds. The monoisotopic (exact) mass is 378 g/mol. The molecule has 0 unspecified atom stereocenters. The highest BCUT2D eigenvalue weighted by atomic mass is 19.1. The van der Waals surface area contributed by atoms with Gasteiger partial charge in [-0.2, -0.15) is 0 Å². The first-order valence-electron chi connectivity index (χ1n) is 9.47. The van der Waals surface area contributed by atoms with E-state index in [1.807, 2.05) is 0 Å². The molecule has 1 aromatic carbocycles. The van der Waals surface area contributed by atoms with E-state index in [1.165, 1.54) is 17.0 Å². The van der Waals surface area contributed by atoms with Crippen molar-refractivity contribution in [3.8, 4) is 0 Å². The summed E-state index contributed by atoms with van der Waals surface area (Å²) in [6, 6.07) is 5.10. The van der Waals surface area contributed by atoms with Gasteiger partial charge in [0, 0.05) is 13.7 Å². The topological polar surface area (TPSA) is 67.9 Å². The molecule has 3 rings (SSSR count). The fourth-order valence-electron chi connectivity index (χ4n) is 4.17. The molecule has 2 aliphatic rings. The second kappa shape index (κ2) is 8.35. The fraction of sp³-hybridized carbons (Fsp3) is 0.600. The van der Waals surface area contributed by atoms with Crippen molar-refractivity contribution in [2.75, 3.05) is 26.9 Å². The van der Waals surface area contributed by atoms with E-state index in [2.05, 4.69) is 12.2 Å². The van der Waals surface area contributed by atoms with Crippen LogP contribution in [0.2, 0.25) is 0 Å². The molecule has 1 aromatic rings. The van der Waals surface area contributed by atoms with E-state index < -0.39 is 23.5 Å². The number of halogens is 1. The standard InChI is InChI=1S/C20H27FN2O4/c1-14-6-5-9-20(12-14)23(19(25)15-7-3-4-8-16(15)21)17(13-27-20)18(24)22-10-11-26-2/h3-4,7-8,14,17H,5-6,9-13H2,1-2H3,(H,22,24)/t14-,17-,20-/m0/s1. The molecule has 1 N–H and O–H groups in total. The predicted octanol–water partition coefficient (Wildman–Crippen LogP) is 2.34. The Kier molecular flexibility index (Phi) is 6.11. The lowest BCUT2D eigenvalue weighted by Gasteiger charge is -2.43. The maximum Gasteiger partial charge on any atom is 0.259 e. The maximum absolute atomic E-state index is 14.3. The quantitative estimate of drug-likeness (QED) is 0.799. The largest absolute Gasteiger partial charge is 0.383 e. The van der Waals surface area contributed by atoms with Crippen LogP contribution in [0.15, 0.2) is 24.3 Å². The Labute approximate surface area is 159 Å². The van der Waals surface area contributed by atoms with Gasteiger partial charge in [0.2, 0.25) is 5.91 Å². The first kappa shape index (κ1) is 19.8. The van der Waals surface area contributed by atoms with Crippen LogP contribution >= 0.6 is 0 Å². The van der Waals surface area contributed by atoms with Crippen molar-refractivity contribution in [2.24, 2.45) is 5.92 Å². The smallest absolute Gasteiger partial charge is 0.259 e. The average Bonchev–Trinajstić information content (AvgIpc) is 3.00.